The van der Waals surface area contributed by atoms with Gasteiger partial charge in [-0.05, 0) is 55.9 Å². The summed E-state index contributed by atoms with van der Waals surface area (Å²) in [6, 6.07) is 10.3. The van der Waals surface area contributed by atoms with Gasteiger partial charge in [-0.1, -0.05) is 23.4 Å². The lowest BCUT2D eigenvalue weighted by Crippen LogP contribution is -2.45. The number of hydrogen-bond donors (Lipinski definition) is 1. The third-order valence-electron chi connectivity index (χ3n) is 5.82. The second-order valence-electron chi connectivity index (χ2n) is 7.63. The van der Waals surface area contributed by atoms with E-state index in [9.17, 15) is 4.79 Å². The number of aryl methyl sites for hydroxylation is 2. The van der Waals surface area contributed by atoms with Gasteiger partial charge >= 0.3 is 0 Å². The molecule has 0 bridgehead atoms. The van der Waals surface area contributed by atoms with Crippen molar-refractivity contribution < 1.29 is 9.32 Å². The number of rotatable bonds is 2. The lowest BCUT2D eigenvalue weighted by molar-refractivity contribution is 0.0570. The first-order chi connectivity index (χ1) is 13.2. The molecule has 5 rings (SSSR count). The largest absolute Gasteiger partial charge is 0.358 e. The van der Waals surface area contributed by atoms with Gasteiger partial charge in [0.2, 0.25) is 11.7 Å². The maximum Gasteiger partial charge on any atom is 0.254 e. The van der Waals surface area contributed by atoms with E-state index >= 15 is 0 Å². The van der Waals surface area contributed by atoms with E-state index < -0.39 is 0 Å². The van der Waals surface area contributed by atoms with Crippen molar-refractivity contribution in [3.8, 4) is 11.5 Å². The fraction of sp³-hybridized carbons (Fsp3) is 0.381. The zero-order valence-electron chi connectivity index (χ0n) is 15.3. The second-order valence-corrected chi connectivity index (χ2v) is 7.63. The van der Waals surface area contributed by atoms with Crippen molar-refractivity contribution in [1.82, 2.24) is 20.0 Å². The molecule has 2 aromatic heterocycles. The Morgan fingerprint density at radius 3 is 2.96 bits per heavy atom. The summed E-state index contributed by atoms with van der Waals surface area (Å²) in [6.07, 6.45) is 5.85. The van der Waals surface area contributed by atoms with Gasteiger partial charge in [-0.15, -0.1) is 0 Å². The van der Waals surface area contributed by atoms with Crippen LogP contribution < -0.4 is 0 Å². The monoisotopic (exact) mass is 362 g/mol. The highest BCUT2D eigenvalue weighted by atomic mass is 16.5. The molecule has 27 heavy (non-hydrogen) atoms. The van der Waals surface area contributed by atoms with E-state index in [2.05, 4.69) is 21.2 Å². The van der Waals surface area contributed by atoms with Crippen LogP contribution in [0, 0.1) is 6.92 Å². The summed E-state index contributed by atoms with van der Waals surface area (Å²) in [6.45, 7) is 2.66. The van der Waals surface area contributed by atoms with Crippen molar-refractivity contribution in [3.63, 3.8) is 0 Å². The van der Waals surface area contributed by atoms with Crippen molar-refractivity contribution in [1.29, 1.82) is 0 Å². The van der Waals surface area contributed by atoms with Gasteiger partial charge in [-0.2, -0.15) is 4.98 Å². The van der Waals surface area contributed by atoms with Gasteiger partial charge in [0.15, 0.2) is 0 Å². The summed E-state index contributed by atoms with van der Waals surface area (Å²) in [7, 11) is 0. The Balaban J connectivity index is 1.40. The molecule has 6 nitrogen and oxygen atoms in total. The quantitative estimate of drug-likeness (QED) is 0.754. The smallest absolute Gasteiger partial charge is 0.254 e. The number of hydrogen-bond acceptors (Lipinski definition) is 4. The van der Waals surface area contributed by atoms with Gasteiger partial charge in [0.25, 0.3) is 5.91 Å². The Bertz CT molecular complexity index is 989. The third kappa shape index (κ3) is 2.85. The molecule has 6 heteroatoms. The summed E-state index contributed by atoms with van der Waals surface area (Å²) in [5.41, 5.74) is 3.99. The standard InChI is InChI=1S/C21H22N4O2/c1-13-10-18(22-11-13)19-23-20(27-24-19)15-7-9-16-8-6-14-4-2-3-5-17(14)21(26)25(16)12-15/h2-5,10-11,15-16,22H,6-9,12H2,1H3. The average Bonchev–Trinajstić information content (AvgIpc) is 3.32. The van der Waals surface area contributed by atoms with Crippen molar-refractivity contribution >= 4 is 5.91 Å². The highest BCUT2D eigenvalue weighted by molar-refractivity contribution is 5.96. The molecule has 1 saturated heterocycles. The van der Waals surface area contributed by atoms with Gasteiger partial charge < -0.3 is 14.4 Å². The first kappa shape index (κ1) is 16.3. The molecular formula is C21H22N4O2. The molecule has 0 saturated carbocycles. The summed E-state index contributed by atoms with van der Waals surface area (Å²) in [5, 5.41) is 4.13. The zero-order valence-corrected chi connectivity index (χ0v) is 15.3. The molecule has 3 aromatic rings. The molecule has 2 atom stereocenters. The fourth-order valence-corrected chi connectivity index (χ4v) is 4.34. The summed E-state index contributed by atoms with van der Waals surface area (Å²) >= 11 is 0. The lowest BCUT2D eigenvalue weighted by Gasteiger charge is -2.37. The normalized spacial score (nSPS) is 22.3. The van der Waals surface area contributed by atoms with Crippen LogP contribution in [0.4, 0.5) is 0 Å². The fourth-order valence-electron chi connectivity index (χ4n) is 4.34. The number of aromatic amines is 1. The molecule has 1 N–H and O–H groups in total. The number of carbonyl (C=O) groups excluding carboxylic acids is 1. The predicted octanol–water partition coefficient (Wildman–Crippen LogP) is 3.71. The molecule has 2 unspecified atom stereocenters. The predicted molar refractivity (Wildman–Crippen MR) is 100 cm³/mol. The van der Waals surface area contributed by atoms with Crippen LogP contribution in [0.15, 0.2) is 41.1 Å². The van der Waals surface area contributed by atoms with Gasteiger partial charge in [0, 0.05) is 24.3 Å². The van der Waals surface area contributed by atoms with E-state index in [4.69, 9.17) is 4.52 Å². The van der Waals surface area contributed by atoms with Gasteiger partial charge in [0.1, 0.15) is 0 Å². The summed E-state index contributed by atoms with van der Waals surface area (Å²) in [4.78, 5) is 22.9. The van der Waals surface area contributed by atoms with Crippen LogP contribution in [0.1, 0.15) is 52.6 Å². The Labute approximate surface area is 157 Å². The summed E-state index contributed by atoms with van der Waals surface area (Å²) in [5.74, 6) is 1.43. The topological polar surface area (TPSA) is 75.0 Å². The molecule has 2 aliphatic rings. The Hall–Kier alpha value is -2.89. The van der Waals surface area contributed by atoms with Crippen molar-refractivity contribution in [3.05, 3.63) is 59.1 Å². The molecule has 0 aliphatic carbocycles. The average molecular weight is 362 g/mol. The van der Waals surface area contributed by atoms with Crippen LogP contribution in [0.2, 0.25) is 0 Å². The van der Waals surface area contributed by atoms with E-state index in [1.54, 1.807) is 0 Å². The minimum atomic E-state index is 0.0905. The molecule has 1 fully saturated rings. The van der Waals surface area contributed by atoms with Crippen LogP contribution >= 0.6 is 0 Å². The van der Waals surface area contributed by atoms with Crippen LogP contribution in [0.3, 0.4) is 0 Å². The van der Waals surface area contributed by atoms with Crippen LogP contribution in [0.5, 0.6) is 0 Å². The number of aromatic nitrogens is 3. The van der Waals surface area contributed by atoms with Crippen LogP contribution in [-0.2, 0) is 6.42 Å². The molecule has 4 heterocycles. The highest BCUT2D eigenvalue weighted by Gasteiger charge is 2.37. The summed E-state index contributed by atoms with van der Waals surface area (Å²) < 4.78 is 5.56. The minimum Gasteiger partial charge on any atom is -0.358 e. The van der Waals surface area contributed by atoms with Crippen molar-refractivity contribution in [2.24, 2.45) is 0 Å². The Morgan fingerprint density at radius 2 is 2.11 bits per heavy atom. The van der Waals surface area contributed by atoms with Crippen molar-refractivity contribution in [2.75, 3.05) is 6.54 Å². The molecule has 0 radical (unpaired) electrons. The third-order valence-corrected chi connectivity index (χ3v) is 5.82. The number of nitrogens with zero attached hydrogens (tertiary/aromatic N) is 3. The number of benzene rings is 1. The highest BCUT2D eigenvalue weighted by Crippen LogP contribution is 2.35. The van der Waals surface area contributed by atoms with Crippen LogP contribution in [0.25, 0.3) is 11.5 Å². The number of H-pyrrole nitrogens is 1. The Morgan fingerprint density at radius 1 is 1.22 bits per heavy atom. The molecule has 0 spiro atoms. The van der Waals surface area contributed by atoms with E-state index in [0.29, 0.717) is 24.3 Å². The number of nitrogens with one attached hydrogen (secondary N) is 1. The maximum atomic E-state index is 13.1. The second kappa shape index (κ2) is 6.37. The lowest BCUT2D eigenvalue weighted by atomic mass is 9.90. The number of amides is 1. The van der Waals surface area contributed by atoms with E-state index in [-0.39, 0.29) is 11.8 Å². The van der Waals surface area contributed by atoms with E-state index in [0.717, 1.165) is 48.1 Å². The van der Waals surface area contributed by atoms with Gasteiger partial charge in [-0.3, -0.25) is 4.79 Å². The Kier molecular flexibility index (Phi) is 3.85. The first-order valence-electron chi connectivity index (χ1n) is 9.57. The SMILES string of the molecule is Cc1c[nH]c(-c2noc(C3CCC4CCc5ccccc5C(=O)N4C3)n2)c1. The maximum absolute atomic E-state index is 13.1. The molecule has 138 valence electrons. The van der Waals surface area contributed by atoms with E-state index in [1.807, 2.05) is 42.3 Å². The molecule has 1 amide bonds. The van der Waals surface area contributed by atoms with Crippen LogP contribution in [-0.4, -0.2) is 38.5 Å². The minimum absolute atomic E-state index is 0.0905. The molecule has 2 aliphatic heterocycles. The van der Waals surface area contributed by atoms with Gasteiger partial charge in [0.05, 0.1) is 11.6 Å². The number of carbonyl (C=O) groups is 1. The van der Waals surface area contributed by atoms with E-state index in [1.165, 1.54) is 0 Å². The molecular weight excluding hydrogens is 340 g/mol. The molecule has 1 aromatic carbocycles. The zero-order chi connectivity index (χ0) is 18.4. The van der Waals surface area contributed by atoms with Gasteiger partial charge in [-0.25, -0.2) is 0 Å². The number of fused-ring (bicyclic) bond motifs is 2. The number of piperidine rings is 1. The van der Waals surface area contributed by atoms with Crippen molar-refractivity contribution in [2.45, 2.75) is 44.6 Å². The first-order valence-corrected chi connectivity index (χ1v) is 9.57.